The number of carbonyl (C=O) groups is 1. The summed E-state index contributed by atoms with van der Waals surface area (Å²) in [7, 11) is -3.81. The number of fused-ring (bicyclic) bond motifs is 1. The summed E-state index contributed by atoms with van der Waals surface area (Å²) < 4.78 is 29.2. The second-order valence-corrected chi connectivity index (χ2v) is 8.39. The van der Waals surface area contributed by atoms with Gasteiger partial charge in [-0.05, 0) is 36.7 Å². The number of sulfonamides is 1. The summed E-state index contributed by atoms with van der Waals surface area (Å²) in [4.78, 5) is 17.3. The van der Waals surface area contributed by atoms with Gasteiger partial charge in [-0.2, -0.15) is 4.99 Å². The molecule has 0 unspecified atom stereocenters. The molecule has 1 amide bonds. The molecule has 8 nitrogen and oxygen atoms in total. The number of carbonyl (C=O) groups excluding carboxylic acids is 1. The summed E-state index contributed by atoms with van der Waals surface area (Å²) in [5.74, 6) is -0.441. The van der Waals surface area contributed by atoms with Gasteiger partial charge >= 0.3 is 0 Å². The lowest BCUT2D eigenvalue weighted by molar-refractivity contribution is 0.100. The maximum Gasteiger partial charge on any atom is 0.293 e. The van der Waals surface area contributed by atoms with Gasteiger partial charge in [-0.15, -0.1) is 11.7 Å². The van der Waals surface area contributed by atoms with Crippen LogP contribution in [0.15, 0.2) is 40.7 Å². The second kappa shape index (κ2) is 6.59. The molecule has 2 N–H and O–H groups in total. The summed E-state index contributed by atoms with van der Waals surface area (Å²) in [6.45, 7) is 5.81. The van der Waals surface area contributed by atoms with Crippen LogP contribution in [0.4, 0.5) is 0 Å². The minimum atomic E-state index is -3.81. The van der Waals surface area contributed by atoms with E-state index < -0.39 is 15.9 Å². The molecule has 0 spiro atoms. The van der Waals surface area contributed by atoms with E-state index in [1.54, 1.807) is 23.6 Å². The number of nitrogens with two attached hydrogens (primary N) is 1. The largest absolute Gasteiger partial charge is 0.312 e. The Morgan fingerprint density at radius 2 is 2.24 bits per heavy atom. The molecule has 0 saturated heterocycles. The second-order valence-electron chi connectivity index (χ2n) is 5.06. The molecule has 2 aromatic heterocycles. The molecule has 0 atom stereocenters. The van der Waals surface area contributed by atoms with Crippen molar-refractivity contribution in [1.82, 2.24) is 14.2 Å². The smallest absolute Gasteiger partial charge is 0.293 e. The molecule has 0 saturated carbocycles. The van der Waals surface area contributed by atoms with Gasteiger partial charge in [0.2, 0.25) is 10.0 Å². The van der Waals surface area contributed by atoms with Crippen LogP contribution in [0.2, 0.25) is 0 Å². The first-order valence-electron chi connectivity index (χ1n) is 6.96. The highest BCUT2D eigenvalue weighted by Crippen LogP contribution is 2.21. The van der Waals surface area contributed by atoms with Gasteiger partial charge in [0.15, 0.2) is 4.80 Å². The van der Waals surface area contributed by atoms with E-state index in [1.165, 1.54) is 23.5 Å². The highest BCUT2D eigenvalue weighted by atomic mass is 32.2. The first-order chi connectivity index (χ1) is 11.8. The maximum atomic E-state index is 12.4. The fraction of sp³-hybridized carbons (Fsp3) is 0.143. The molecule has 0 aliphatic rings. The van der Waals surface area contributed by atoms with E-state index in [1.807, 2.05) is 0 Å². The van der Waals surface area contributed by atoms with Gasteiger partial charge < -0.3 is 4.57 Å². The third-order valence-corrected chi connectivity index (χ3v) is 6.11. The molecule has 11 heteroatoms. The molecule has 1 aromatic carbocycles. The summed E-state index contributed by atoms with van der Waals surface area (Å²) in [5.41, 5.74) is 1.26. The van der Waals surface area contributed by atoms with Crippen molar-refractivity contribution >= 4 is 49.0 Å². The molecule has 0 aliphatic carbocycles. The number of primary sulfonamides is 1. The van der Waals surface area contributed by atoms with E-state index >= 15 is 0 Å². The van der Waals surface area contributed by atoms with Crippen molar-refractivity contribution in [1.29, 1.82) is 0 Å². The number of aryl methyl sites for hydroxylation is 1. The Labute approximate surface area is 151 Å². The van der Waals surface area contributed by atoms with Crippen LogP contribution < -0.4 is 9.94 Å². The van der Waals surface area contributed by atoms with E-state index in [9.17, 15) is 13.2 Å². The first-order valence-corrected chi connectivity index (χ1v) is 10.1. The van der Waals surface area contributed by atoms with Crippen LogP contribution >= 0.6 is 22.9 Å². The standard InChI is InChI=1S/C14H13N5O3S3/c1-3-6-19-10-5-4-9(25(15,21)22)7-11(10)23-14(19)16-13(20)12-8(2)17-18-24-12/h3-5,7H,1,6H2,2H3,(H2,15,21,22). The molecule has 2 heterocycles. The summed E-state index contributed by atoms with van der Waals surface area (Å²) in [6.07, 6.45) is 1.67. The first kappa shape index (κ1) is 17.6. The average molecular weight is 395 g/mol. The number of hydrogen-bond acceptors (Lipinski definition) is 7. The molecular formula is C14H13N5O3S3. The zero-order valence-electron chi connectivity index (χ0n) is 13.0. The van der Waals surface area contributed by atoms with Crippen LogP contribution in [0.1, 0.15) is 15.4 Å². The number of amides is 1. The Morgan fingerprint density at radius 3 is 2.84 bits per heavy atom. The molecular weight excluding hydrogens is 382 g/mol. The Bertz CT molecular complexity index is 1150. The fourth-order valence-electron chi connectivity index (χ4n) is 2.19. The predicted molar refractivity (Wildman–Crippen MR) is 95.9 cm³/mol. The number of hydrogen-bond donors (Lipinski definition) is 1. The number of aromatic nitrogens is 3. The number of benzene rings is 1. The summed E-state index contributed by atoms with van der Waals surface area (Å²) in [5, 5.41) is 8.98. The summed E-state index contributed by atoms with van der Waals surface area (Å²) in [6, 6.07) is 4.53. The van der Waals surface area contributed by atoms with Crippen molar-refractivity contribution in [2.24, 2.45) is 10.1 Å². The van der Waals surface area contributed by atoms with Crippen LogP contribution in [-0.2, 0) is 16.6 Å². The fourth-order valence-corrected chi connectivity index (χ4v) is 4.42. The minimum absolute atomic E-state index is 0.00683. The van der Waals surface area contributed by atoms with Crippen molar-refractivity contribution in [2.75, 3.05) is 0 Å². The van der Waals surface area contributed by atoms with E-state index in [2.05, 4.69) is 21.2 Å². The Balaban J connectivity index is 2.21. The van der Waals surface area contributed by atoms with Crippen LogP contribution in [0.3, 0.4) is 0 Å². The highest BCUT2D eigenvalue weighted by Gasteiger charge is 2.15. The van der Waals surface area contributed by atoms with Crippen LogP contribution in [0, 0.1) is 6.92 Å². The number of rotatable bonds is 4. The molecule has 0 bridgehead atoms. The number of thiazole rings is 1. The van der Waals surface area contributed by atoms with Gasteiger partial charge in [0.25, 0.3) is 5.91 Å². The molecule has 130 valence electrons. The third-order valence-electron chi connectivity index (χ3n) is 3.34. The molecule has 0 aliphatic heterocycles. The topological polar surface area (TPSA) is 120 Å². The SMILES string of the molecule is C=CCn1c(=NC(=O)c2snnc2C)sc2cc(S(N)(=O)=O)ccc21. The van der Waals surface area contributed by atoms with Gasteiger partial charge in [0, 0.05) is 6.54 Å². The van der Waals surface area contributed by atoms with Crippen LogP contribution in [0.25, 0.3) is 10.2 Å². The van der Waals surface area contributed by atoms with Crippen molar-refractivity contribution in [3.8, 4) is 0 Å². The summed E-state index contributed by atoms with van der Waals surface area (Å²) >= 11 is 2.18. The molecule has 3 rings (SSSR count). The Hall–Kier alpha value is -2.21. The molecule has 0 radical (unpaired) electrons. The van der Waals surface area contributed by atoms with Gasteiger partial charge in [-0.3, -0.25) is 4.79 Å². The number of nitrogens with zero attached hydrogens (tertiary/aromatic N) is 4. The van der Waals surface area contributed by atoms with Gasteiger partial charge in [0.1, 0.15) is 4.88 Å². The third kappa shape index (κ3) is 3.44. The van der Waals surface area contributed by atoms with Crippen molar-refractivity contribution in [2.45, 2.75) is 18.4 Å². The monoisotopic (exact) mass is 395 g/mol. The zero-order valence-corrected chi connectivity index (χ0v) is 15.5. The van der Waals surface area contributed by atoms with Crippen LogP contribution in [0.5, 0.6) is 0 Å². The average Bonchev–Trinajstić information content (AvgIpc) is 3.10. The highest BCUT2D eigenvalue weighted by molar-refractivity contribution is 7.89. The number of allylic oxidation sites excluding steroid dienone is 1. The lowest BCUT2D eigenvalue weighted by Crippen LogP contribution is -2.16. The molecule has 0 fully saturated rings. The van der Waals surface area contributed by atoms with E-state index in [-0.39, 0.29) is 4.90 Å². The maximum absolute atomic E-state index is 12.4. The quantitative estimate of drug-likeness (QED) is 0.670. The molecule has 3 aromatic rings. The Kier molecular flexibility index (Phi) is 4.64. The van der Waals surface area contributed by atoms with Crippen molar-refractivity contribution < 1.29 is 13.2 Å². The van der Waals surface area contributed by atoms with Crippen molar-refractivity contribution in [3.63, 3.8) is 0 Å². The lowest BCUT2D eigenvalue weighted by Gasteiger charge is -2.02. The predicted octanol–water partition coefficient (Wildman–Crippen LogP) is 1.44. The van der Waals surface area contributed by atoms with Gasteiger partial charge in [-0.25, -0.2) is 13.6 Å². The van der Waals surface area contributed by atoms with Gasteiger partial charge in [0.05, 0.1) is 20.8 Å². The van der Waals surface area contributed by atoms with E-state index in [4.69, 9.17) is 5.14 Å². The van der Waals surface area contributed by atoms with Gasteiger partial charge in [-0.1, -0.05) is 21.9 Å². The minimum Gasteiger partial charge on any atom is -0.312 e. The lowest BCUT2D eigenvalue weighted by atomic mass is 10.3. The zero-order chi connectivity index (χ0) is 18.2. The van der Waals surface area contributed by atoms with E-state index in [0.717, 1.165) is 17.0 Å². The van der Waals surface area contributed by atoms with Crippen LogP contribution in [-0.4, -0.2) is 28.5 Å². The van der Waals surface area contributed by atoms with E-state index in [0.29, 0.717) is 26.6 Å². The Morgan fingerprint density at radius 1 is 1.48 bits per heavy atom. The normalized spacial score (nSPS) is 12.6. The molecule has 25 heavy (non-hydrogen) atoms. The van der Waals surface area contributed by atoms with Crippen molar-refractivity contribution in [3.05, 3.63) is 46.2 Å².